The molecular weight excluding hydrogens is 482 g/mol. The molecule has 1 fully saturated rings. The maximum Gasteiger partial charge on any atom is 0.269 e. The molecule has 0 spiro atoms. The number of rotatable bonds is 11. The summed E-state index contributed by atoms with van der Waals surface area (Å²) in [5, 5.41) is 14.3. The zero-order valence-corrected chi connectivity index (χ0v) is 22.0. The molecule has 2 aromatic rings. The summed E-state index contributed by atoms with van der Waals surface area (Å²) in [6.07, 6.45) is 4.43. The van der Waals surface area contributed by atoms with Gasteiger partial charge in [-0.15, -0.1) is 0 Å². The van der Waals surface area contributed by atoms with Crippen molar-refractivity contribution >= 4 is 24.2 Å². The molecule has 2 atom stereocenters. The monoisotopic (exact) mass is 517 g/mol. The Kier molecular flexibility index (Phi) is 9.02. The van der Waals surface area contributed by atoms with Gasteiger partial charge in [0.25, 0.3) is 5.69 Å². The van der Waals surface area contributed by atoms with E-state index < -0.39 is 16.9 Å². The molecular formula is C29H35N5O4. The molecule has 1 saturated heterocycles. The molecule has 0 bridgehead atoms. The van der Waals surface area contributed by atoms with Crippen molar-refractivity contribution in [2.75, 3.05) is 26.2 Å². The molecule has 9 heteroatoms. The highest BCUT2D eigenvalue weighted by molar-refractivity contribution is 5.92. The fraction of sp³-hybridized carbons (Fsp3) is 0.414. The van der Waals surface area contributed by atoms with Crippen molar-refractivity contribution in [3.63, 3.8) is 0 Å². The van der Waals surface area contributed by atoms with Gasteiger partial charge in [0.15, 0.2) is 0 Å². The van der Waals surface area contributed by atoms with Gasteiger partial charge in [-0.25, -0.2) is 0 Å². The number of aliphatic imine (C=N–C) groups is 1. The number of nitrogens with one attached hydrogen (secondary N) is 1. The SMILES string of the molecule is CC1=NC(C)=C(N(C=O)CCCN2CCC(c3ccccc3)CC2)C(c2cccc([N+](=O)[O-])c2)C1NC=O. The molecule has 2 aromatic carbocycles. The van der Waals surface area contributed by atoms with E-state index in [1.165, 1.54) is 17.7 Å². The fourth-order valence-corrected chi connectivity index (χ4v) is 5.78. The first-order chi connectivity index (χ1) is 18.4. The number of likely N-dealkylation sites (tertiary alicyclic amines) is 1. The number of nitro groups is 1. The Hall–Kier alpha value is -3.85. The minimum Gasteiger partial charge on any atom is -0.350 e. The van der Waals surface area contributed by atoms with Crippen molar-refractivity contribution in [3.05, 3.63) is 87.2 Å². The topological polar surface area (TPSA) is 108 Å². The number of carbonyl (C=O) groups excluding carboxylic acids is 2. The second-order valence-electron chi connectivity index (χ2n) is 9.99. The van der Waals surface area contributed by atoms with Gasteiger partial charge in [-0.3, -0.25) is 24.7 Å². The van der Waals surface area contributed by atoms with Crippen LogP contribution in [0.25, 0.3) is 0 Å². The summed E-state index contributed by atoms with van der Waals surface area (Å²) < 4.78 is 0. The first-order valence-electron chi connectivity index (χ1n) is 13.1. The Morgan fingerprint density at radius 2 is 1.79 bits per heavy atom. The first kappa shape index (κ1) is 27.2. The third-order valence-electron chi connectivity index (χ3n) is 7.65. The number of hydrogen-bond acceptors (Lipinski definition) is 6. The summed E-state index contributed by atoms with van der Waals surface area (Å²) in [7, 11) is 0. The van der Waals surface area contributed by atoms with Crippen molar-refractivity contribution in [1.82, 2.24) is 15.1 Å². The van der Waals surface area contributed by atoms with Crippen molar-refractivity contribution in [1.29, 1.82) is 0 Å². The smallest absolute Gasteiger partial charge is 0.269 e. The van der Waals surface area contributed by atoms with Gasteiger partial charge >= 0.3 is 0 Å². The lowest BCUT2D eigenvalue weighted by Gasteiger charge is -2.38. The van der Waals surface area contributed by atoms with E-state index in [0.29, 0.717) is 41.5 Å². The number of amides is 2. The van der Waals surface area contributed by atoms with Crippen LogP contribution in [0.15, 0.2) is 71.0 Å². The Morgan fingerprint density at radius 1 is 1.08 bits per heavy atom. The van der Waals surface area contributed by atoms with Crippen molar-refractivity contribution in [3.8, 4) is 0 Å². The predicted octanol–water partition coefficient (Wildman–Crippen LogP) is 4.23. The number of allylic oxidation sites excluding steroid dienone is 1. The van der Waals surface area contributed by atoms with Gasteiger partial charge in [-0.1, -0.05) is 42.5 Å². The number of piperidine rings is 1. The standard InChI is InChI=1S/C29H35N5O4/c1-21-28(30-19-35)27(25-10-6-11-26(18-25)34(37)38)29(22(2)31-21)33(20-36)15-7-14-32-16-12-24(13-17-32)23-8-4-3-5-9-23/h3-6,8-11,18-20,24,27-28H,7,12-17H2,1-2H3,(H,30,35). The Balaban J connectivity index is 1.47. The molecule has 2 amide bonds. The second-order valence-corrected chi connectivity index (χ2v) is 9.99. The molecule has 0 radical (unpaired) electrons. The highest BCUT2D eigenvalue weighted by Crippen LogP contribution is 2.37. The minimum atomic E-state index is -0.521. The quantitative estimate of drug-likeness (QED) is 0.273. The van der Waals surface area contributed by atoms with Crippen LogP contribution in [0.2, 0.25) is 0 Å². The predicted molar refractivity (Wildman–Crippen MR) is 147 cm³/mol. The summed E-state index contributed by atoms with van der Waals surface area (Å²) >= 11 is 0. The van der Waals surface area contributed by atoms with Gasteiger partial charge in [0, 0.05) is 24.4 Å². The summed E-state index contributed by atoms with van der Waals surface area (Å²) in [4.78, 5) is 43.6. The van der Waals surface area contributed by atoms with Crippen LogP contribution in [0.3, 0.4) is 0 Å². The van der Waals surface area contributed by atoms with Gasteiger partial charge in [-0.05, 0) is 69.8 Å². The summed E-state index contributed by atoms with van der Waals surface area (Å²) in [6, 6.07) is 16.5. The molecule has 2 unspecified atom stereocenters. The maximum absolute atomic E-state index is 12.4. The number of nitro benzene ring substituents is 1. The lowest BCUT2D eigenvalue weighted by molar-refractivity contribution is -0.384. The zero-order chi connectivity index (χ0) is 27.1. The van der Waals surface area contributed by atoms with Gasteiger partial charge < -0.3 is 15.1 Å². The molecule has 0 aliphatic carbocycles. The van der Waals surface area contributed by atoms with Gasteiger partial charge in [-0.2, -0.15) is 0 Å². The van der Waals surface area contributed by atoms with Crippen molar-refractivity contribution in [2.45, 2.75) is 51.0 Å². The summed E-state index contributed by atoms with van der Waals surface area (Å²) in [5.74, 6) is 0.109. The fourth-order valence-electron chi connectivity index (χ4n) is 5.78. The van der Waals surface area contributed by atoms with E-state index in [4.69, 9.17) is 0 Å². The van der Waals surface area contributed by atoms with Gasteiger partial charge in [0.05, 0.1) is 28.3 Å². The molecule has 2 aliphatic rings. The van der Waals surface area contributed by atoms with Crippen LogP contribution in [-0.2, 0) is 9.59 Å². The highest BCUT2D eigenvalue weighted by atomic mass is 16.6. The van der Waals surface area contributed by atoms with Crippen LogP contribution in [0.1, 0.15) is 56.1 Å². The average molecular weight is 518 g/mol. The van der Waals surface area contributed by atoms with Crippen LogP contribution in [0, 0.1) is 10.1 Å². The van der Waals surface area contributed by atoms with E-state index in [1.54, 1.807) is 17.0 Å². The Morgan fingerprint density at radius 3 is 2.45 bits per heavy atom. The van der Waals surface area contributed by atoms with E-state index in [-0.39, 0.29) is 5.69 Å². The number of non-ortho nitro benzene ring substituents is 1. The molecule has 38 heavy (non-hydrogen) atoms. The average Bonchev–Trinajstić information content (AvgIpc) is 2.94. The summed E-state index contributed by atoms with van der Waals surface area (Å²) in [5.41, 5.74) is 4.02. The molecule has 4 rings (SSSR count). The van der Waals surface area contributed by atoms with E-state index in [2.05, 4.69) is 39.5 Å². The molecule has 2 heterocycles. The minimum absolute atomic E-state index is 0.0407. The lowest BCUT2D eigenvalue weighted by atomic mass is 9.82. The van der Waals surface area contributed by atoms with Crippen LogP contribution >= 0.6 is 0 Å². The van der Waals surface area contributed by atoms with Crippen LogP contribution in [0.5, 0.6) is 0 Å². The van der Waals surface area contributed by atoms with Crippen LogP contribution in [0.4, 0.5) is 5.69 Å². The second kappa shape index (κ2) is 12.6. The molecule has 0 aromatic heterocycles. The van der Waals surface area contributed by atoms with Gasteiger partial charge in [0.2, 0.25) is 12.8 Å². The zero-order valence-electron chi connectivity index (χ0n) is 22.0. The van der Waals surface area contributed by atoms with E-state index in [0.717, 1.165) is 45.3 Å². The maximum atomic E-state index is 12.4. The number of nitrogens with zero attached hydrogens (tertiary/aromatic N) is 4. The highest BCUT2D eigenvalue weighted by Gasteiger charge is 2.36. The molecule has 1 N–H and O–H groups in total. The number of carbonyl (C=O) groups is 2. The molecule has 2 aliphatic heterocycles. The molecule has 200 valence electrons. The third kappa shape index (κ3) is 6.16. The van der Waals surface area contributed by atoms with Gasteiger partial charge in [0.1, 0.15) is 0 Å². The lowest BCUT2D eigenvalue weighted by Crippen LogP contribution is -2.46. The van der Waals surface area contributed by atoms with Crippen molar-refractivity contribution in [2.24, 2.45) is 4.99 Å². The molecule has 0 saturated carbocycles. The van der Waals surface area contributed by atoms with Crippen LogP contribution < -0.4 is 5.32 Å². The van der Waals surface area contributed by atoms with Crippen molar-refractivity contribution < 1.29 is 14.5 Å². The van der Waals surface area contributed by atoms with E-state index >= 15 is 0 Å². The van der Waals surface area contributed by atoms with E-state index in [9.17, 15) is 19.7 Å². The Bertz CT molecular complexity index is 1200. The summed E-state index contributed by atoms with van der Waals surface area (Å²) in [6.45, 7) is 7.06. The Labute approximate surface area is 223 Å². The number of benzene rings is 2. The molecule has 9 nitrogen and oxygen atoms in total. The van der Waals surface area contributed by atoms with Crippen LogP contribution in [-0.4, -0.2) is 65.5 Å². The first-order valence-corrected chi connectivity index (χ1v) is 13.1. The third-order valence-corrected chi connectivity index (χ3v) is 7.65. The van der Waals surface area contributed by atoms with E-state index in [1.807, 2.05) is 19.9 Å². The normalized spacial score (nSPS) is 20.5. The largest absolute Gasteiger partial charge is 0.350 e. The number of hydrogen-bond donors (Lipinski definition) is 1.